The van der Waals surface area contributed by atoms with Gasteiger partial charge in [-0.1, -0.05) is 19.8 Å². The zero-order valence-electron chi connectivity index (χ0n) is 7.38. The van der Waals surface area contributed by atoms with Gasteiger partial charge in [0.1, 0.15) is 0 Å². The van der Waals surface area contributed by atoms with Gasteiger partial charge in [0, 0.05) is 0 Å². The normalized spacial score (nSPS) is 21.5. The Bertz CT molecular complexity index is 87.6. The summed E-state index contributed by atoms with van der Waals surface area (Å²) in [6, 6.07) is 0. The lowest BCUT2D eigenvalue weighted by atomic mass is 10.2. The maximum Gasteiger partial charge on any atom is -0.0295 e. The van der Waals surface area contributed by atoms with Crippen molar-refractivity contribution in [2.24, 2.45) is 0 Å². The van der Waals surface area contributed by atoms with Gasteiger partial charge in [0.15, 0.2) is 0 Å². The van der Waals surface area contributed by atoms with E-state index in [4.69, 9.17) is 0 Å². The SMILES string of the molecule is CCS[CH-]N1CCCCCC1. The maximum atomic E-state index is 2.47. The minimum Gasteiger partial charge on any atom is -0.447 e. The average Bonchev–Trinajstić information content (AvgIpc) is 2.28. The number of hydrogen-bond donors (Lipinski definition) is 0. The highest BCUT2D eigenvalue weighted by Crippen LogP contribution is 2.15. The standard InChI is InChI=1S/C9H18NS/c1-2-11-9-10-7-5-3-4-6-8-10/h9H,2-8H2,1H3/q-1. The third-order valence-electron chi connectivity index (χ3n) is 2.03. The fraction of sp³-hybridized carbons (Fsp3) is 0.889. The van der Waals surface area contributed by atoms with Crippen LogP contribution in [0.1, 0.15) is 32.6 Å². The van der Waals surface area contributed by atoms with E-state index < -0.39 is 0 Å². The summed E-state index contributed by atoms with van der Waals surface area (Å²) in [5, 5.41) is 0. The Labute approximate surface area is 74.5 Å². The molecule has 0 aliphatic carbocycles. The molecule has 0 aromatic carbocycles. The van der Waals surface area contributed by atoms with Crippen molar-refractivity contribution in [3.05, 3.63) is 5.88 Å². The summed E-state index contributed by atoms with van der Waals surface area (Å²) in [5.74, 6) is 3.52. The molecule has 0 radical (unpaired) electrons. The van der Waals surface area contributed by atoms with Crippen molar-refractivity contribution in [1.29, 1.82) is 0 Å². The van der Waals surface area contributed by atoms with Crippen LogP contribution in [0.15, 0.2) is 0 Å². The van der Waals surface area contributed by atoms with Crippen molar-refractivity contribution >= 4 is 11.8 Å². The van der Waals surface area contributed by atoms with Gasteiger partial charge in [0.05, 0.1) is 0 Å². The molecule has 66 valence electrons. The quantitative estimate of drug-likeness (QED) is 0.602. The van der Waals surface area contributed by atoms with Crippen molar-refractivity contribution in [2.45, 2.75) is 32.6 Å². The molecule has 1 aliphatic rings. The van der Waals surface area contributed by atoms with Crippen LogP contribution >= 0.6 is 11.8 Å². The second-order valence-corrected chi connectivity index (χ2v) is 4.13. The highest BCUT2D eigenvalue weighted by atomic mass is 32.2. The van der Waals surface area contributed by atoms with E-state index in [0.717, 1.165) is 0 Å². The van der Waals surface area contributed by atoms with Gasteiger partial charge in [-0.15, -0.1) is 0 Å². The zero-order valence-corrected chi connectivity index (χ0v) is 8.20. The minimum atomic E-state index is 1.20. The Morgan fingerprint density at radius 2 is 1.82 bits per heavy atom. The summed E-state index contributed by atoms with van der Waals surface area (Å²) in [6.07, 6.45) is 5.64. The molecular weight excluding hydrogens is 154 g/mol. The van der Waals surface area contributed by atoms with Gasteiger partial charge in [0.25, 0.3) is 0 Å². The van der Waals surface area contributed by atoms with E-state index in [-0.39, 0.29) is 0 Å². The smallest absolute Gasteiger partial charge is 0.0295 e. The number of hydrogen-bond acceptors (Lipinski definition) is 2. The van der Waals surface area contributed by atoms with Crippen LogP contribution in [-0.2, 0) is 0 Å². The average molecular weight is 172 g/mol. The minimum absolute atomic E-state index is 1.20. The highest BCUT2D eigenvalue weighted by molar-refractivity contribution is 8.01. The van der Waals surface area contributed by atoms with Crippen molar-refractivity contribution in [1.82, 2.24) is 4.90 Å². The Morgan fingerprint density at radius 3 is 2.36 bits per heavy atom. The molecule has 1 saturated heterocycles. The first-order chi connectivity index (χ1) is 5.43. The van der Waals surface area contributed by atoms with Crippen LogP contribution in [0, 0.1) is 5.88 Å². The summed E-state index contributed by atoms with van der Waals surface area (Å²) in [6.45, 7) is 4.78. The van der Waals surface area contributed by atoms with Crippen molar-refractivity contribution in [3.8, 4) is 0 Å². The molecule has 1 aliphatic heterocycles. The molecule has 0 amide bonds. The third kappa shape index (κ3) is 4.02. The summed E-state index contributed by atoms with van der Waals surface area (Å²) >= 11 is 1.92. The fourth-order valence-corrected chi connectivity index (χ4v) is 1.95. The van der Waals surface area contributed by atoms with E-state index in [2.05, 4.69) is 17.7 Å². The van der Waals surface area contributed by atoms with Crippen molar-refractivity contribution < 1.29 is 0 Å². The predicted molar refractivity (Wildman–Crippen MR) is 52.5 cm³/mol. The second-order valence-electron chi connectivity index (χ2n) is 3.01. The van der Waals surface area contributed by atoms with Gasteiger partial charge in [-0.25, -0.2) is 5.88 Å². The van der Waals surface area contributed by atoms with E-state index in [0.29, 0.717) is 0 Å². The molecule has 0 aromatic rings. The molecule has 0 spiro atoms. The molecule has 2 heteroatoms. The number of nitrogens with zero attached hydrogens (tertiary/aromatic N) is 1. The second kappa shape index (κ2) is 5.90. The first kappa shape index (κ1) is 9.40. The third-order valence-corrected chi connectivity index (χ3v) is 2.81. The lowest BCUT2D eigenvalue weighted by molar-refractivity contribution is 0.376. The van der Waals surface area contributed by atoms with E-state index in [9.17, 15) is 0 Å². The van der Waals surface area contributed by atoms with Gasteiger partial charge in [-0.2, -0.15) is 0 Å². The van der Waals surface area contributed by atoms with E-state index in [1.165, 1.54) is 44.5 Å². The Hall–Kier alpha value is 0.310. The summed E-state index contributed by atoms with van der Waals surface area (Å²) in [7, 11) is 0. The number of likely N-dealkylation sites (tertiary alicyclic amines) is 1. The highest BCUT2D eigenvalue weighted by Gasteiger charge is 2.00. The van der Waals surface area contributed by atoms with Crippen LogP contribution in [-0.4, -0.2) is 23.7 Å². The van der Waals surface area contributed by atoms with Crippen LogP contribution in [0.5, 0.6) is 0 Å². The van der Waals surface area contributed by atoms with Crippen molar-refractivity contribution in [3.63, 3.8) is 0 Å². The topological polar surface area (TPSA) is 3.24 Å². The molecule has 0 saturated carbocycles. The predicted octanol–water partition coefficient (Wildman–Crippen LogP) is 2.73. The van der Waals surface area contributed by atoms with Crippen LogP contribution in [0.3, 0.4) is 0 Å². The lowest BCUT2D eigenvalue weighted by Gasteiger charge is -2.30. The summed E-state index contributed by atoms with van der Waals surface area (Å²) < 4.78 is 0. The molecule has 1 fully saturated rings. The summed E-state index contributed by atoms with van der Waals surface area (Å²) in [4.78, 5) is 2.47. The Balaban J connectivity index is 2.09. The molecular formula is C9H18NS-. The van der Waals surface area contributed by atoms with Gasteiger partial charge < -0.3 is 16.7 Å². The molecule has 0 unspecified atom stereocenters. The Kier molecular flexibility index (Phi) is 5.04. The van der Waals surface area contributed by atoms with Gasteiger partial charge in [0.2, 0.25) is 0 Å². The van der Waals surface area contributed by atoms with Crippen molar-refractivity contribution in [2.75, 3.05) is 18.8 Å². The molecule has 0 atom stereocenters. The number of rotatable bonds is 3. The van der Waals surface area contributed by atoms with Gasteiger partial charge in [-0.05, 0) is 31.7 Å². The fourth-order valence-electron chi connectivity index (χ4n) is 1.38. The van der Waals surface area contributed by atoms with Crippen LogP contribution in [0.2, 0.25) is 0 Å². The molecule has 0 bridgehead atoms. The molecule has 1 rings (SSSR count). The van der Waals surface area contributed by atoms with Crippen LogP contribution in [0.4, 0.5) is 0 Å². The first-order valence-electron chi connectivity index (χ1n) is 4.62. The first-order valence-corrected chi connectivity index (χ1v) is 5.67. The molecule has 0 N–H and O–H groups in total. The maximum absolute atomic E-state index is 2.47. The molecule has 11 heavy (non-hydrogen) atoms. The Morgan fingerprint density at radius 1 is 1.18 bits per heavy atom. The van der Waals surface area contributed by atoms with E-state index in [1.807, 2.05) is 11.8 Å². The van der Waals surface area contributed by atoms with Crippen LogP contribution in [0.25, 0.3) is 0 Å². The summed E-state index contributed by atoms with van der Waals surface area (Å²) in [5.41, 5.74) is 0. The van der Waals surface area contributed by atoms with E-state index >= 15 is 0 Å². The number of thioether (sulfide) groups is 1. The monoisotopic (exact) mass is 172 g/mol. The lowest BCUT2D eigenvalue weighted by Crippen LogP contribution is -2.20. The molecule has 1 nitrogen and oxygen atoms in total. The molecule has 0 aromatic heterocycles. The van der Waals surface area contributed by atoms with Gasteiger partial charge >= 0.3 is 0 Å². The largest absolute Gasteiger partial charge is 0.447 e. The van der Waals surface area contributed by atoms with Crippen LogP contribution < -0.4 is 0 Å². The zero-order chi connectivity index (χ0) is 7.94. The van der Waals surface area contributed by atoms with Gasteiger partial charge in [-0.3, -0.25) is 0 Å². The molecule has 1 heterocycles. The van der Waals surface area contributed by atoms with E-state index in [1.54, 1.807) is 0 Å².